The Morgan fingerprint density at radius 2 is 1.96 bits per heavy atom. The van der Waals surface area contributed by atoms with Gasteiger partial charge in [-0.2, -0.15) is 4.31 Å². The minimum absolute atomic E-state index is 0.0835. The molecule has 0 saturated carbocycles. The monoisotopic (exact) mass is 388 g/mol. The normalized spacial score (nSPS) is 14.8. The average Bonchev–Trinajstić information content (AvgIpc) is 3.07. The first-order chi connectivity index (χ1) is 12.8. The van der Waals surface area contributed by atoms with Crippen LogP contribution in [0.5, 0.6) is 5.75 Å². The fraction of sp³-hybridized carbons (Fsp3) is 0.350. The lowest BCUT2D eigenvalue weighted by Crippen LogP contribution is -2.28. The largest absolute Gasteiger partial charge is 0.497 e. The summed E-state index contributed by atoms with van der Waals surface area (Å²) in [6.45, 7) is 2.68. The summed E-state index contributed by atoms with van der Waals surface area (Å²) in [6.07, 6.45) is 1.38. The SMILES string of the molecule is COc1cccc(CN(C)S(=O)(=O)c2ccc(N3CCCC3=O)cc2C)c1. The Morgan fingerprint density at radius 3 is 2.59 bits per heavy atom. The zero-order chi connectivity index (χ0) is 19.6. The highest BCUT2D eigenvalue weighted by Crippen LogP contribution is 2.28. The number of methoxy groups -OCH3 is 1. The highest BCUT2D eigenvalue weighted by atomic mass is 32.2. The van der Waals surface area contributed by atoms with E-state index in [1.165, 1.54) is 4.31 Å². The third-order valence-electron chi connectivity index (χ3n) is 4.77. The first-order valence-electron chi connectivity index (χ1n) is 8.83. The molecule has 144 valence electrons. The Kier molecular flexibility index (Phi) is 5.53. The molecule has 1 fully saturated rings. The Labute approximate surface area is 160 Å². The Morgan fingerprint density at radius 1 is 1.19 bits per heavy atom. The van der Waals surface area contributed by atoms with Gasteiger partial charge in [-0.15, -0.1) is 0 Å². The van der Waals surface area contributed by atoms with Crippen LogP contribution in [-0.2, 0) is 21.4 Å². The van der Waals surface area contributed by atoms with Crippen molar-refractivity contribution in [3.63, 3.8) is 0 Å². The topological polar surface area (TPSA) is 66.9 Å². The summed E-state index contributed by atoms with van der Waals surface area (Å²) in [5, 5.41) is 0. The van der Waals surface area contributed by atoms with Crippen molar-refractivity contribution in [2.45, 2.75) is 31.2 Å². The van der Waals surface area contributed by atoms with Crippen LogP contribution in [0, 0.1) is 6.92 Å². The molecular weight excluding hydrogens is 364 g/mol. The number of carbonyl (C=O) groups excluding carboxylic acids is 1. The molecule has 1 heterocycles. The van der Waals surface area contributed by atoms with Crippen molar-refractivity contribution < 1.29 is 17.9 Å². The van der Waals surface area contributed by atoms with Gasteiger partial charge in [0.05, 0.1) is 12.0 Å². The molecule has 2 aromatic rings. The maximum absolute atomic E-state index is 13.0. The van der Waals surface area contributed by atoms with Crippen LogP contribution in [0.2, 0.25) is 0 Å². The van der Waals surface area contributed by atoms with Crippen molar-refractivity contribution in [3.05, 3.63) is 53.6 Å². The number of carbonyl (C=O) groups is 1. The average molecular weight is 388 g/mol. The fourth-order valence-corrected chi connectivity index (χ4v) is 4.65. The summed E-state index contributed by atoms with van der Waals surface area (Å²) in [4.78, 5) is 13.9. The van der Waals surface area contributed by atoms with Crippen molar-refractivity contribution in [1.82, 2.24) is 4.31 Å². The van der Waals surface area contributed by atoms with Gasteiger partial charge >= 0.3 is 0 Å². The van der Waals surface area contributed by atoms with Gasteiger partial charge in [0.15, 0.2) is 0 Å². The zero-order valence-electron chi connectivity index (χ0n) is 15.8. The molecule has 1 amide bonds. The van der Waals surface area contributed by atoms with Crippen LogP contribution in [0.25, 0.3) is 0 Å². The molecule has 7 heteroatoms. The predicted molar refractivity (Wildman–Crippen MR) is 104 cm³/mol. The van der Waals surface area contributed by atoms with Crippen LogP contribution >= 0.6 is 0 Å². The Bertz CT molecular complexity index is 956. The van der Waals surface area contributed by atoms with E-state index in [0.29, 0.717) is 24.3 Å². The van der Waals surface area contributed by atoms with Crippen molar-refractivity contribution in [2.24, 2.45) is 0 Å². The van der Waals surface area contributed by atoms with Crippen LogP contribution in [0.15, 0.2) is 47.4 Å². The summed E-state index contributed by atoms with van der Waals surface area (Å²) in [7, 11) is -0.512. The lowest BCUT2D eigenvalue weighted by atomic mass is 10.2. The second kappa shape index (κ2) is 7.70. The van der Waals surface area contributed by atoms with E-state index >= 15 is 0 Å². The molecular formula is C20H24N2O4S. The molecule has 6 nitrogen and oxygen atoms in total. The zero-order valence-corrected chi connectivity index (χ0v) is 16.6. The smallest absolute Gasteiger partial charge is 0.243 e. The molecule has 0 aromatic heterocycles. The van der Waals surface area contributed by atoms with Gasteiger partial charge < -0.3 is 9.64 Å². The van der Waals surface area contributed by atoms with E-state index in [2.05, 4.69) is 0 Å². The fourth-order valence-electron chi connectivity index (χ4n) is 3.29. The maximum atomic E-state index is 13.0. The lowest BCUT2D eigenvalue weighted by Gasteiger charge is -2.21. The van der Waals surface area contributed by atoms with E-state index < -0.39 is 10.0 Å². The van der Waals surface area contributed by atoms with Crippen LogP contribution in [0.4, 0.5) is 5.69 Å². The molecule has 0 bridgehead atoms. The number of anilines is 1. The number of sulfonamides is 1. The highest BCUT2D eigenvalue weighted by molar-refractivity contribution is 7.89. The first kappa shape index (κ1) is 19.4. The van der Waals surface area contributed by atoms with E-state index in [1.807, 2.05) is 24.3 Å². The standard InChI is InChI=1S/C20H24N2O4S/c1-15-12-17(22-11-5-8-20(22)23)9-10-19(15)27(24,25)21(2)14-16-6-4-7-18(13-16)26-3/h4,6-7,9-10,12-13H,5,8,11,14H2,1-3H3. The molecule has 1 aliphatic heterocycles. The predicted octanol–water partition coefficient (Wildman–Crippen LogP) is 2.95. The van der Waals surface area contributed by atoms with Crippen LogP contribution in [-0.4, -0.2) is 39.3 Å². The third-order valence-corrected chi connectivity index (χ3v) is 6.73. The second-order valence-corrected chi connectivity index (χ2v) is 8.72. The van der Waals surface area contributed by atoms with Crippen LogP contribution in [0.1, 0.15) is 24.0 Å². The molecule has 0 aliphatic carbocycles. The van der Waals surface area contributed by atoms with Gasteiger partial charge in [0.2, 0.25) is 15.9 Å². The molecule has 27 heavy (non-hydrogen) atoms. The van der Waals surface area contributed by atoms with E-state index in [1.54, 1.807) is 44.2 Å². The quantitative estimate of drug-likeness (QED) is 0.763. The number of hydrogen-bond donors (Lipinski definition) is 0. The van der Waals surface area contributed by atoms with Crippen LogP contribution in [0.3, 0.4) is 0 Å². The Hall–Kier alpha value is -2.38. The van der Waals surface area contributed by atoms with Gasteiger partial charge in [0, 0.05) is 32.2 Å². The van der Waals surface area contributed by atoms with E-state index in [9.17, 15) is 13.2 Å². The van der Waals surface area contributed by atoms with E-state index in [0.717, 1.165) is 17.7 Å². The molecule has 1 aliphatic rings. The second-order valence-electron chi connectivity index (χ2n) is 6.71. The van der Waals surface area contributed by atoms with Gasteiger partial charge in [-0.05, 0) is 54.8 Å². The molecule has 0 N–H and O–H groups in total. The first-order valence-corrected chi connectivity index (χ1v) is 10.3. The van der Waals surface area contributed by atoms with Gasteiger partial charge in [0.1, 0.15) is 5.75 Å². The summed E-state index contributed by atoms with van der Waals surface area (Å²) in [5.41, 5.74) is 2.23. The number of benzene rings is 2. The highest BCUT2D eigenvalue weighted by Gasteiger charge is 2.26. The van der Waals surface area contributed by atoms with E-state index in [4.69, 9.17) is 4.74 Å². The summed E-state index contributed by atoms with van der Waals surface area (Å²) in [6, 6.07) is 12.4. The van der Waals surface area contributed by atoms with Gasteiger partial charge in [-0.3, -0.25) is 4.79 Å². The molecule has 0 unspecified atom stereocenters. The number of aryl methyl sites for hydroxylation is 1. The van der Waals surface area contributed by atoms with Gasteiger partial charge in [-0.1, -0.05) is 12.1 Å². The van der Waals surface area contributed by atoms with Crippen molar-refractivity contribution in [1.29, 1.82) is 0 Å². The van der Waals surface area contributed by atoms with Gasteiger partial charge in [0.25, 0.3) is 0 Å². The minimum atomic E-state index is -3.65. The number of hydrogen-bond acceptors (Lipinski definition) is 4. The number of nitrogens with zero attached hydrogens (tertiary/aromatic N) is 2. The van der Waals surface area contributed by atoms with Crippen LogP contribution < -0.4 is 9.64 Å². The number of ether oxygens (including phenoxy) is 1. The van der Waals surface area contributed by atoms with Crippen molar-refractivity contribution in [2.75, 3.05) is 25.6 Å². The summed E-state index contributed by atoms with van der Waals surface area (Å²) >= 11 is 0. The maximum Gasteiger partial charge on any atom is 0.243 e. The number of amides is 1. The van der Waals surface area contributed by atoms with Crippen molar-refractivity contribution >= 4 is 21.6 Å². The molecule has 2 aromatic carbocycles. The third kappa shape index (κ3) is 3.99. The lowest BCUT2D eigenvalue weighted by molar-refractivity contribution is -0.117. The summed E-state index contributed by atoms with van der Waals surface area (Å²) < 4.78 is 32.6. The molecule has 3 rings (SSSR count). The van der Waals surface area contributed by atoms with Gasteiger partial charge in [-0.25, -0.2) is 8.42 Å². The summed E-state index contributed by atoms with van der Waals surface area (Å²) in [5.74, 6) is 0.772. The molecule has 0 radical (unpaired) electrons. The molecule has 0 atom stereocenters. The van der Waals surface area contributed by atoms with E-state index in [-0.39, 0.29) is 17.3 Å². The molecule has 0 spiro atoms. The number of rotatable bonds is 6. The van der Waals surface area contributed by atoms with Crippen molar-refractivity contribution in [3.8, 4) is 5.75 Å². The Balaban J connectivity index is 1.84. The minimum Gasteiger partial charge on any atom is -0.497 e. The molecule has 1 saturated heterocycles.